The Bertz CT molecular complexity index is 860. The molecule has 1 N–H and O–H groups in total. The second-order valence-electron chi connectivity index (χ2n) is 6.19. The minimum atomic E-state index is -0.426. The number of nitrogens with zero attached hydrogens (tertiary/aromatic N) is 3. The van der Waals surface area contributed by atoms with Crippen molar-refractivity contribution in [2.24, 2.45) is 0 Å². The van der Waals surface area contributed by atoms with Crippen LogP contribution in [0.1, 0.15) is 12.8 Å². The molecule has 5 nitrogen and oxygen atoms in total. The highest BCUT2D eigenvalue weighted by atomic mass is 35.5. The predicted molar refractivity (Wildman–Crippen MR) is 108 cm³/mol. The maximum Gasteiger partial charge on any atom is 0.292 e. The van der Waals surface area contributed by atoms with Crippen LogP contribution in [-0.2, 0) is 0 Å². The highest BCUT2D eigenvalue weighted by Gasteiger charge is 2.20. The standard InChI is InChI=1S/C18H19Cl3N4O/c1-2-7-24-8-5-13(6-9-24)23-15-11-22-25(18(26)17(15)21)16-4-3-12(19)10-14(16)20/h2-4,10-11,13,23H,1,5-9H2. The van der Waals surface area contributed by atoms with Crippen molar-refractivity contribution in [1.82, 2.24) is 14.7 Å². The molecule has 0 unspecified atom stereocenters. The molecule has 0 aliphatic carbocycles. The zero-order valence-electron chi connectivity index (χ0n) is 14.1. The third kappa shape index (κ3) is 4.23. The van der Waals surface area contributed by atoms with E-state index in [0.29, 0.717) is 21.4 Å². The summed E-state index contributed by atoms with van der Waals surface area (Å²) in [5.41, 5.74) is 0.553. The van der Waals surface area contributed by atoms with Crippen LogP contribution in [0.5, 0.6) is 0 Å². The smallest absolute Gasteiger partial charge is 0.292 e. The molecule has 8 heteroatoms. The zero-order chi connectivity index (χ0) is 18.7. The van der Waals surface area contributed by atoms with Crippen molar-refractivity contribution in [1.29, 1.82) is 0 Å². The Morgan fingerprint density at radius 3 is 2.65 bits per heavy atom. The molecule has 1 aliphatic rings. The third-order valence-corrected chi connectivity index (χ3v) is 5.29. The average molecular weight is 414 g/mol. The van der Waals surface area contributed by atoms with E-state index in [-0.39, 0.29) is 11.1 Å². The van der Waals surface area contributed by atoms with Gasteiger partial charge in [0, 0.05) is 30.7 Å². The zero-order valence-corrected chi connectivity index (χ0v) is 16.4. The van der Waals surface area contributed by atoms with Crippen LogP contribution in [0.3, 0.4) is 0 Å². The lowest BCUT2D eigenvalue weighted by Gasteiger charge is -2.32. The first-order valence-corrected chi connectivity index (χ1v) is 9.46. The number of aromatic nitrogens is 2. The first-order chi connectivity index (χ1) is 12.5. The highest BCUT2D eigenvalue weighted by Crippen LogP contribution is 2.25. The van der Waals surface area contributed by atoms with E-state index in [1.54, 1.807) is 24.4 Å². The van der Waals surface area contributed by atoms with Gasteiger partial charge in [-0.3, -0.25) is 9.69 Å². The van der Waals surface area contributed by atoms with Crippen molar-refractivity contribution in [2.45, 2.75) is 18.9 Å². The molecular weight excluding hydrogens is 395 g/mol. The van der Waals surface area contributed by atoms with Gasteiger partial charge in [0.2, 0.25) is 0 Å². The molecule has 0 bridgehead atoms. The van der Waals surface area contributed by atoms with Crippen molar-refractivity contribution in [3.63, 3.8) is 0 Å². The van der Waals surface area contributed by atoms with Crippen molar-refractivity contribution in [3.05, 3.63) is 62.5 Å². The summed E-state index contributed by atoms with van der Waals surface area (Å²) in [5, 5.41) is 8.47. The summed E-state index contributed by atoms with van der Waals surface area (Å²) in [6, 6.07) is 5.10. The number of halogens is 3. The first kappa shape index (κ1) is 19.2. The lowest BCUT2D eigenvalue weighted by atomic mass is 10.0. The molecule has 3 rings (SSSR count). The molecule has 1 fully saturated rings. The normalized spacial score (nSPS) is 15.8. The topological polar surface area (TPSA) is 50.2 Å². The fourth-order valence-corrected chi connectivity index (χ4v) is 3.69. The largest absolute Gasteiger partial charge is 0.380 e. The highest BCUT2D eigenvalue weighted by molar-refractivity contribution is 6.36. The summed E-state index contributed by atoms with van der Waals surface area (Å²) in [4.78, 5) is 15.0. The van der Waals surface area contributed by atoms with Crippen LogP contribution in [-0.4, -0.2) is 40.4 Å². The molecule has 1 aromatic carbocycles. The molecule has 2 heterocycles. The summed E-state index contributed by atoms with van der Waals surface area (Å²) in [7, 11) is 0. The van der Waals surface area contributed by atoms with E-state index >= 15 is 0 Å². The molecule has 0 saturated carbocycles. The molecule has 0 amide bonds. The molecule has 0 spiro atoms. The molecule has 1 saturated heterocycles. The predicted octanol–water partition coefficient (Wildman–Crippen LogP) is 4.26. The van der Waals surface area contributed by atoms with Crippen molar-refractivity contribution in [2.75, 3.05) is 25.0 Å². The summed E-state index contributed by atoms with van der Waals surface area (Å²) in [5.74, 6) is 0. The number of likely N-dealkylation sites (tertiary alicyclic amines) is 1. The van der Waals surface area contributed by atoms with Crippen LogP contribution in [0.2, 0.25) is 15.1 Å². The Labute approximate surface area is 167 Å². The molecule has 26 heavy (non-hydrogen) atoms. The van der Waals surface area contributed by atoms with Crippen molar-refractivity contribution >= 4 is 40.5 Å². The van der Waals surface area contributed by atoms with E-state index in [1.165, 1.54) is 4.68 Å². The van der Waals surface area contributed by atoms with Gasteiger partial charge in [-0.25, -0.2) is 0 Å². The molecule has 0 radical (unpaired) electrons. The van der Waals surface area contributed by atoms with E-state index in [9.17, 15) is 4.79 Å². The van der Waals surface area contributed by atoms with Gasteiger partial charge in [-0.2, -0.15) is 9.78 Å². The Balaban J connectivity index is 1.78. The van der Waals surface area contributed by atoms with Crippen molar-refractivity contribution in [3.8, 4) is 5.69 Å². The number of hydrogen-bond acceptors (Lipinski definition) is 4. The van der Waals surface area contributed by atoms with Gasteiger partial charge in [-0.05, 0) is 31.0 Å². The molecule has 138 valence electrons. The van der Waals surface area contributed by atoms with E-state index in [1.807, 2.05) is 6.08 Å². The molecular formula is C18H19Cl3N4O. The van der Waals surface area contributed by atoms with Gasteiger partial charge in [-0.15, -0.1) is 6.58 Å². The third-order valence-electron chi connectivity index (χ3n) is 4.39. The van der Waals surface area contributed by atoms with E-state index in [2.05, 4.69) is 21.9 Å². The van der Waals surface area contributed by atoms with E-state index in [4.69, 9.17) is 34.8 Å². The summed E-state index contributed by atoms with van der Waals surface area (Å²) >= 11 is 18.4. The summed E-state index contributed by atoms with van der Waals surface area (Å²) in [6.07, 6.45) is 5.41. The SMILES string of the molecule is C=CCN1CCC(Nc2cnn(-c3ccc(Cl)cc3Cl)c(=O)c2Cl)CC1. The number of rotatable bonds is 5. The molecule has 0 atom stereocenters. The first-order valence-electron chi connectivity index (χ1n) is 8.32. The van der Waals surface area contributed by atoms with Gasteiger partial charge >= 0.3 is 0 Å². The Morgan fingerprint density at radius 2 is 2.00 bits per heavy atom. The molecule has 2 aromatic rings. The van der Waals surface area contributed by atoms with Gasteiger partial charge in [0.25, 0.3) is 5.56 Å². The van der Waals surface area contributed by atoms with Crippen molar-refractivity contribution < 1.29 is 0 Å². The lowest BCUT2D eigenvalue weighted by Crippen LogP contribution is -2.39. The lowest BCUT2D eigenvalue weighted by molar-refractivity contribution is 0.240. The van der Waals surface area contributed by atoms with Crippen LogP contribution >= 0.6 is 34.8 Å². The van der Waals surface area contributed by atoms with Gasteiger partial charge in [0.05, 0.1) is 22.6 Å². The minimum Gasteiger partial charge on any atom is -0.380 e. The maximum absolute atomic E-state index is 12.6. The van der Waals surface area contributed by atoms with Gasteiger partial charge in [-0.1, -0.05) is 40.9 Å². The number of anilines is 1. The maximum atomic E-state index is 12.6. The van der Waals surface area contributed by atoms with Crippen LogP contribution in [0, 0.1) is 0 Å². The van der Waals surface area contributed by atoms with Crippen LogP contribution in [0.25, 0.3) is 5.69 Å². The monoisotopic (exact) mass is 412 g/mol. The van der Waals surface area contributed by atoms with Crippen LogP contribution in [0.4, 0.5) is 5.69 Å². The second-order valence-corrected chi connectivity index (χ2v) is 7.41. The Kier molecular flexibility index (Phi) is 6.24. The van der Waals surface area contributed by atoms with Crippen LogP contribution in [0.15, 0.2) is 41.8 Å². The molecule has 1 aliphatic heterocycles. The fraction of sp³-hybridized carbons (Fsp3) is 0.333. The van der Waals surface area contributed by atoms with Gasteiger partial charge in [0.15, 0.2) is 0 Å². The minimum absolute atomic E-state index is 0.0968. The summed E-state index contributed by atoms with van der Waals surface area (Å²) in [6.45, 7) is 6.62. The Hall–Kier alpha value is -1.53. The number of benzene rings is 1. The quantitative estimate of drug-likeness (QED) is 0.744. The number of piperidine rings is 1. The van der Waals surface area contributed by atoms with Gasteiger partial charge in [0.1, 0.15) is 5.02 Å². The number of hydrogen-bond donors (Lipinski definition) is 1. The average Bonchev–Trinajstić information content (AvgIpc) is 2.62. The van der Waals surface area contributed by atoms with E-state index in [0.717, 1.165) is 32.5 Å². The Morgan fingerprint density at radius 1 is 1.27 bits per heavy atom. The summed E-state index contributed by atoms with van der Waals surface area (Å²) < 4.78 is 1.18. The molecule has 1 aromatic heterocycles. The van der Waals surface area contributed by atoms with Gasteiger partial charge < -0.3 is 5.32 Å². The fourth-order valence-electron chi connectivity index (χ4n) is 3.02. The van der Waals surface area contributed by atoms with E-state index < -0.39 is 5.56 Å². The second kappa shape index (κ2) is 8.44. The van der Waals surface area contributed by atoms with Crippen LogP contribution < -0.4 is 10.9 Å². The number of nitrogens with one attached hydrogen (secondary N) is 1.